The number of quaternary nitrogens is 1. The molecular formula is C35H36MgN5O5-. The number of ketones is 1. The Morgan fingerprint density at radius 1 is 1.04 bits per heavy atom. The first kappa shape index (κ1) is 33.5. The Hall–Kier alpha value is -3.90. The average Bonchev–Trinajstić information content (AvgIpc) is 3.72. The number of carboxylic acid groups (broad SMARTS) is 1. The van der Waals surface area contributed by atoms with Crippen LogP contribution in [0.4, 0.5) is 0 Å². The maximum atomic E-state index is 14.0. The number of rotatable bonds is 6. The van der Waals surface area contributed by atoms with Crippen LogP contribution in [-0.2, 0) is 20.7 Å². The van der Waals surface area contributed by atoms with Crippen LogP contribution in [0.3, 0.4) is 0 Å². The number of carbonyl (C=O) groups excluding carboxylic acids is 2. The summed E-state index contributed by atoms with van der Waals surface area (Å²) in [6.07, 6.45) is 8.30. The van der Waals surface area contributed by atoms with E-state index in [-0.39, 0.29) is 46.8 Å². The van der Waals surface area contributed by atoms with Crippen molar-refractivity contribution in [1.29, 1.82) is 0 Å². The van der Waals surface area contributed by atoms with E-state index in [4.69, 9.17) is 19.7 Å². The number of nitrogens with zero attached hydrogens (tertiary/aromatic N) is 3. The Bertz CT molecular complexity index is 2010. The smallest absolute Gasteiger partial charge is 0.657 e. The number of Topliss-reactive ketones (excluding diaryl/α,β-unsaturated/α-hetero) is 1. The van der Waals surface area contributed by atoms with Crippen LogP contribution in [0.25, 0.3) is 35.7 Å². The molecule has 4 atom stereocenters. The molecule has 1 saturated heterocycles. The molecule has 6 rings (SSSR count). The van der Waals surface area contributed by atoms with Gasteiger partial charge in [-0.1, -0.05) is 60.9 Å². The summed E-state index contributed by atoms with van der Waals surface area (Å²) in [5.41, 5.74) is 8.56. The van der Waals surface area contributed by atoms with Gasteiger partial charge in [-0.2, -0.15) is 0 Å². The first-order valence-corrected chi connectivity index (χ1v) is 15.1. The van der Waals surface area contributed by atoms with Gasteiger partial charge in [0.1, 0.15) is 17.3 Å². The second-order valence-electron chi connectivity index (χ2n) is 12.0. The minimum atomic E-state index is -1.29. The zero-order valence-electron chi connectivity index (χ0n) is 27.0. The number of nitrogens with one attached hydrogen (secondary N) is 2. The zero-order valence-corrected chi connectivity index (χ0v) is 28.4. The molecule has 0 amide bonds. The Balaban J connectivity index is 0.00000417. The summed E-state index contributed by atoms with van der Waals surface area (Å²) in [6.45, 7) is 13.9. The molecule has 46 heavy (non-hydrogen) atoms. The molecule has 0 radical (unpaired) electrons. The Kier molecular flexibility index (Phi) is 8.99. The molecule has 3 aliphatic rings. The molecule has 3 aromatic rings. The minimum absolute atomic E-state index is 0. The molecule has 234 valence electrons. The molecule has 11 heteroatoms. The maximum absolute atomic E-state index is 14.0. The van der Waals surface area contributed by atoms with Crippen molar-refractivity contribution >= 4 is 70.7 Å². The van der Waals surface area contributed by atoms with Crippen molar-refractivity contribution in [1.82, 2.24) is 15.0 Å². The van der Waals surface area contributed by atoms with Gasteiger partial charge in [0.15, 0.2) is 5.78 Å². The molecule has 10 nitrogen and oxygen atoms in total. The fourth-order valence-electron chi connectivity index (χ4n) is 7.34. The van der Waals surface area contributed by atoms with Crippen LogP contribution in [0, 0.1) is 38.5 Å². The Morgan fingerprint density at radius 3 is 2.35 bits per heavy atom. The topological polar surface area (TPSA) is 151 Å². The molecule has 3 N–H and O–H groups in total. The molecule has 5 heterocycles. The van der Waals surface area contributed by atoms with Gasteiger partial charge in [0.2, 0.25) is 0 Å². The predicted octanol–water partition coefficient (Wildman–Crippen LogP) is 2.00. The second-order valence-corrected chi connectivity index (χ2v) is 12.0. The SMILES string of the molecule is C=Cc1c2[n-]c(c1C)/C=C1/[C@@H](C)[C@H](CCC(=O)O)/C(=C3/c4[n-]c(c(C)c4C(=O)[C@@H]3C(=O)OC)/C=c3\[n-]/c(c(C)c3CC)=C\2)[NH+]1[NH-].[Mg+2]. The summed E-state index contributed by atoms with van der Waals surface area (Å²) in [5, 5.41) is 11.3. The third-order valence-electron chi connectivity index (χ3n) is 9.79. The van der Waals surface area contributed by atoms with E-state index in [0.29, 0.717) is 45.2 Å². The number of fused-ring (bicyclic) bond motifs is 7. The van der Waals surface area contributed by atoms with Gasteiger partial charge in [0.25, 0.3) is 0 Å². The molecular weight excluding hydrogens is 595 g/mol. The standard InChI is InChI=1S/C35H37N5O5.Mg/c1-8-19-15(3)22-12-25-20(9-2)16(4)24(38-25)14-27-17(5)21(10-11-28(41)42)33(40(27)36)30-31(35(44)45-7)34(43)29-18(6)23(39-32(29)30)13-26(19)37-22;/h9,12-14,17,21,31,36,40H,2,8,10-11H2,1,3-7H3,(H2,39,41,42,43);/q-2;+2/p-1/b22-12-,26-13-,27-14-,33-30-;/t17-,21-,31+;/m0./s1. The van der Waals surface area contributed by atoms with Crippen LogP contribution in [0.15, 0.2) is 18.0 Å². The summed E-state index contributed by atoms with van der Waals surface area (Å²) in [7, 11) is 1.23. The van der Waals surface area contributed by atoms with E-state index in [1.165, 1.54) is 7.11 Å². The van der Waals surface area contributed by atoms with Crippen LogP contribution in [-0.4, -0.2) is 53.0 Å². The quantitative estimate of drug-likeness (QED) is 0.238. The molecule has 0 saturated carbocycles. The summed E-state index contributed by atoms with van der Waals surface area (Å²) < 4.78 is 5.12. The zero-order chi connectivity index (χ0) is 32.5. The van der Waals surface area contributed by atoms with Gasteiger partial charge in [-0.3, -0.25) is 14.4 Å². The van der Waals surface area contributed by atoms with Crippen molar-refractivity contribution in [2.24, 2.45) is 17.8 Å². The van der Waals surface area contributed by atoms with E-state index in [1.807, 2.05) is 45.9 Å². The van der Waals surface area contributed by atoms with E-state index < -0.39 is 29.6 Å². The van der Waals surface area contributed by atoms with E-state index >= 15 is 0 Å². The molecule has 8 bridgehead atoms. The molecule has 0 aromatic carbocycles. The van der Waals surface area contributed by atoms with Crippen molar-refractivity contribution in [3.8, 4) is 0 Å². The monoisotopic (exact) mass is 630 g/mol. The van der Waals surface area contributed by atoms with Gasteiger partial charge in [-0.05, 0) is 45.3 Å². The molecule has 0 spiro atoms. The summed E-state index contributed by atoms with van der Waals surface area (Å²) in [5.74, 6) is 5.33. The number of hydrogen-bond acceptors (Lipinski definition) is 4. The molecule has 1 aliphatic carbocycles. The number of hydrogen-bond donors (Lipinski definition) is 2. The molecule has 3 aromatic heterocycles. The molecule has 1 fully saturated rings. The fourth-order valence-corrected chi connectivity index (χ4v) is 7.34. The first-order chi connectivity index (χ1) is 21.4. The van der Waals surface area contributed by atoms with E-state index in [9.17, 15) is 25.3 Å². The average molecular weight is 631 g/mol. The van der Waals surface area contributed by atoms with Crippen molar-refractivity contribution in [2.45, 2.75) is 53.9 Å². The van der Waals surface area contributed by atoms with Gasteiger partial charge >= 0.3 is 35.0 Å². The van der Waals surface area contributed by atoms with Crippen molar-refractivity contribution in [3.63, 3.8) is 0 Å². The number of ether oxygens (including phenoxy) is 1. The number of methoxy groups -OCH3 is 1. The van der Waals surface area contributed by atoms with Crippen LogP contribution >= 0.6 is 0 Å². The van der Waals surface area contributed by atoms with Crippen molar-refractivity contribution < 1.29 is 29.2 Å². The van der Waals surface area contributed by atoms with E-state index in [2.05, 4.69) is 13.5 Å². The van der Waals surface area contributed by atoms with Crippen LogP contribution in [0.1, 0.15) is 87.6 Å². The predicted molar refractivity (Wildman–Crippen MR) is 175 cm³/mol. The third-order valence-corrected chi connectivity index (χ3v) is 9.79. The Labute approximate surface area is 283 Å². The van der Waals surface area contributed by atoms with Gasteiger partial charge in [0, 0.05) is 29.4 Å². The summed E-state index contributed by atoms with van der Waals surface area (Å²) in [6, 6.07) is 0. The van der Waals surface area contributed by atoms with Crippen LogP contribution < -0.4 is 30.7 Å². The van der Waals surface area contributed by atoms with E-state index in [0.717, 1.165) is 45.1 Å². The van der Waals surface area contributed by atoms with Gasteiger partial charge in [-0.15, -0.1) is 33.5 Å². The fraction of sp³-hybridized carbons (Fsp3) is 0.343. The van der Waals surface area contributed by atoms with Crippen LogP contribution in [0.5, 0.6) is 0 Å². The normalized spacial score (nSPS) is 25.5. The molecule has 1 unspecified atom stereocenters. The van der Waals surface area contributed by atoms with Crippen molar-refractivity contribution in [2.75, 3.05) is 7.11 Å². The van der Waals surface area contributed by atoms with Gasteiger partial charge in [0.05, 0.1) is 7.11 Å². The largest absolute Gasteiger partial charge is 2.00 e. The third kappa shape index (κ3) is 4.97. The number of allylic oxidation sites excluding steroid dienone is 2. The van der Waals surface area contributed by atoms with Crippen LogP contribution in [0.2, 0.25) is 0 Å². The van der Waals surface area contributed by atoms with Crippen molar-refractivity contribution in [3.05, 3.63) is 90.7 Å². The summed E-state index contributed by atoms with van der Waals surface area (Å²) in [4.78, 5) is 54.0. The second kappa shape index (κ2) is 12.4. The first-order valence-electron chi connectivity index (χ1n) is 15.1. The summed E-state index contributed by atoms with van der Waals surface area (Å²) >= 11 is 0. The minimum Gasteiger partial charge on any atom is -0.657 e. The molecule has 2 aliphatic heterocycles. The number of carboxylic acids is 1. The Morgan fingerprint density at radius 2 is 1.72 bits per heavy atom. The maximum Gasteiger partial charge on any atom is 2.00 e. The van der Waals surface area contributed by atoms with Gasteiger partial charge < -0.3 is 35.6 Å². The number of carbonyl (C=O) groups is 3. The van der Waals surface area contributed by atoms with Gasteiger partial charge in [-0.25, -0.2) is 0 Å². The number of aromatic nitrogens is 3. The van der Waals surface area contributed by atoms with E-state index in [1.54, 1.807) is 6.08 Å². The number of esters is 1. The number of aliphatic carboxylic acids is 1.